The molecular weight excluding hydrogens is 310 g/mol. The largest absolute Gasteiger partial charge is 0.372 e. The van der Waals surface area contributed by atoms with Gasteiger partial charge in [-0.05, 0) is 56.6 Å². The van der Waals surface area contributed by atoms with Gasteiger partial charge in [0.2, 0.25) is 5.91 Å². The molecule has 0 aromatic heterocycles. The average molecular weight is 337 g/mol. The molecule has 1 fully saturated rings. The van der Waals surface area contributed by atoms with E-state index in [2.05, 4.69) is 53.5 Å². The molecule has 0 aliphatic carbocycles. The molecule has 0 radical (unpaired) electrons. The van der Waals surface area contributed by atoms with Crippen LogP contribution in [0.3, 0.4) is 0 Å². The van der Waals surface area contributed by atoms with Crippen LogP contribution in [0.15, 0.2) is 48.5 Å². The number of hydrogen-bond donors (Lipinski definition) is 1. The first-order valence-electron chi connectivity index (χ1n) is 8.99. The van der Waals surface area contributed by atoms with Gasteiger partial charge in [0, 0.05) is 31.0 Å². The number of carbonyl (C=O) groups excluding carboxylic acids is 1. The van der Waals surface area contributed by atoms with Crippen molar-refractivity contribution in [3.05, 3.63) is 59.7 Å². The summed E-state index contributed by atoms with van der Waals surface area (Å²) in [6.07, 6.45) is 2.54. The molecule has 2 aromatic rings. The lowest BCUT2D eigenvalue weighted by molar-refractivity contribution is -0.117. The molecule has 4 nitrogen and oxygen atoms in total. The quantitative estimate of drug-likeness (QED) is 0.874. The van der Waals surface area contributed by atoms with Crippen molar-refractivity contribution in [1.82, 2.24) is 4.90 Å². The molecule has 0 spiro atoms. The van der Waals surface area contributed by atoms with Gasteiger partial charge in [-0.2, -0.15) is 0 Å². The van der Waals surface area contributed by atoms with E-state index in [9.17, 15) is 4.79 Å². The minimum absolute atomic E-state index is 0.0172. The van der Waals surface area contributed by atoms with Crippen molar-refractivity contribution in [3.8, 4) is 0 Å². The Balaban J connectivity index is 1.48. The fraction of sp³-hybridized carbons (Fsp3) is 0.381. The predicted molar refractivity (Wildman–Crippen MR) is 104 cm³/mol. The molecule has 0 saturated carbocycles. The zero-order valence-corrected chi connectivity index (χ0v) is 15.2. The fourth-order valence-electron chi connectivity index (χ4n) is 3.24. The van der Waals surface area contributed by atoms with Gasteiger partial charge in [-0.1, -0.05) is 29.8 Å². The number of aryl methyl sites for hydroxylation is 1. The van der Waals surface area contributed by atoms with E-state index in [-0.39, 0.29) is 5.91 Å². The van der Waals surface area contributed by atoms with Crippen LogP contribution in [0.5, 0.6) is 0 Å². The van der Waals surface area contributed by atoms with E-state index in [1.54, 1.807) is 0 Å². The third-order valence-electron chi connectivity index (χ3n) is 4.61. The first-order chi connectivity index (χ1) is 12.1. The van der Waals surface area contributed by atoms with Gasteiger partial charge in [0.1, 0.15) is 0 Å². The summed E-state index contributed by atoms with van der Waals surface area (Å²) in [7, 11) is 1.97. The highest BCUT2D eigenvalue weighted by Gasteiger charge is 2.12. The Morgan fingerprint density at radius 2 is 1.68 bits per heavy atom. The van der Waals surface area contributed by atoms with E-state index < -0.39 is 0 Å². The number of carbonyl (C=O) groups is 1. The number of anilines is 2. The standard InChI is InChI=1S/C21H27N3O/c1-17-5-7-18(8-6-17)15-23(2)16-21(25)22-19-9-11-20(12-10-19)24-13-3-4-14-24/h5-12H,3-4,13-16H2,1-2H3,(H,22,25). The lowest BCUT2D eigenvalue weighted by atomic mass is 10.1. The van der Waals surface area contributed by atoms with Gasteiger partial charge in [0.05, 0.1) is 6.54 Å². The molecule has 1 heterocycles. The number of nitrogens with one attached hydrogen (secondary N) is 1. The molecule has 1 aliphatic heterocycles. The summed E-state index contributed by atoms with van der Waals surface area (Å²) in [4.78, 5) is 16.7. The van der Waals surface area contributed by atoms with Crippen molar-refractivity contribution in [2.45, 2.75) is 26.3 Å². The number of hydrogen-bond acceptors (Lipinski definition) is 3. The predicted octanol–water partition coefficient (Wildman–Crippen LogP) is 3.67. The lowest BCUT2D eigenvalue weighted by Gasteiger charge is -2.19. The molecule has 25 heavy (non-hydrogen) atoms. The summed E-state index contributed by atoms with van der Waals surface area (Å²) in [6.45, 7) is 5.49. The monoisotopic (exact) mass is 337 g/mol. The summed E-state index contributed by atoms with van der Waals surface area (Å²) in [5.74, 6) is 0.0172. The Bertz CT molecular complexity index is 688. The van der Waals surface area contributed by atoms with Crippen LogP contribution in [0, 0.1) is 6.92 Å². The second-order valence-electron chi connectivity index (χ2n) is 6.95. The molecule has 132 valence electrons. The van der Waals surface area contributed by atoms with Gasteiger partial charge in [-0.25, -0.2) is 0 Å². The summed E-state index contributed by atoms with van der Waals surface area (Å²) >= 11 is 0. The highest BCUT2D eigenvalue weighted by atomic mass is 16.2. The third-order valence-corrected chi connectivity index (χ3v) is 4.61. The zero-order valence-electron chi connectivity index (χ0n) is 15.2. The molecule has 0 unspecified atom stereocenters. The minimum Gasteiger partial charge on any atom is -0.372 e. The Morgan fingerprint density at radius 3 is 2.32 bits per heavy atom. The van der Waals surface area contributed by atoms with Crippen LogP contribution >= 0.6 is 0 Å². The molecule has 4 heteroatoms. The number of amides is 1. The zero-order chi connectivity index (χ0) is 17.6. The normalized spacial score (nSPS) is 14.1. The fourth-order valence-corrected chi connectivity index (χ4v) is 3.24. The van der Waals surface area contributed by atoms with E-state index in [4.69, 9.17) is 0 Å². The summed E-state index contributed by atoms with van der Waals surface area (Å²) in [5, 5.41) is 2.99. The van der Waals surface area contributed by atoms with E-state index in [0.717, 1.165) is 25.3 Å². The van der Waals surface area contributed by atoms with Crippen LogP contribution in [0.25, 0.3) is 0 Å². The van der Waals surface area contributed by atoms with Crippen molar-refractivity contribution >= 4 is 17.3 Å². The molecule has 1 amide bonds. The summed E-state index contributed by atoms with van der Waals surface area (Å²) < 4.78 is 0. The van der Waals surface area contributed by atoms with Crippen LogP contribution < -0.4 is 10.2 Å². The molecule has 0 atom stereocenters. The maximum atomic E-state index is 12.2. The Morgan fingerprint density at radius 1 is 1.04 bits per heavy atom. The van der Waals surface area contributed by atoms with Crippen LogP contribution in [0.1, 0.15) is 24.0 Å². The lowest BCUT2D eigenvalue weighted by Crippen LogP contribution is -2.29. The molecular formula is C21H27N3O. The van der Waals surface area contributed by atoms with Crippen molar-refractivity contribution in [2.24, 2.45) is 0 Å². The maximum Gasteiger partial charge on any atom is 0.238 e. The first kappa shape index (κ1) is 17.5. The van der Waals surface area contributed by atoms with E-state index in [1.165, 1.54) is 29.7 Å². The van der Waals surface area contributed by atoms with E-state index in [1.807, 2.05) is 24.1 Å². The first-order valence-corrected chi connectivity index (χ1v) is 8.99. The van der Waals surface area contributed by atoms with Crippen LogP contribution in [-0.2, 0) is 11.3 Å². The van der Waals surface area contributed by atoms with Crippen molar-refractivity contribution in [3.63, 3.8) is 0 Å². The Kier molecular flexibility index (Phi) is 5.71. The van der Waals surface area contributed by atoms with Crippen molar-refractivity contribution in [1.29, 1.82) is 0 Å². The van der Waals surface area contributed by atoms with Crippen LogP contribution in [-0.4, -0.2) is 37.5 Å². The molecule has 1 aliphatic rings. The summed E-state index contributed by atoms with van der Waals surface area (Å²) in [6, 6.07) is 16.6. The SMILES string of the molecule is Cc1ccc(CN(C)CC(=O)Nc2ccc(N3CCCC3)cc2)cc1. The molecule has 1 saturated heterocycles. The maximum absolute atomic E-state index is 12.2. The average Bonchev–Trinajstić information content (AvgIpc) is 3.12. The van der Waals surface area contributed by atoms with Crippen molar-refractivity contribution < 1.29 is 4.79 Å². The molecule has 3 rings (SSSR count). The van der Waals surface area contributed by atoms with Gasteiger partial charge < -0.3 is 10.2 Å². The van der Waals surface area contributed by atoms with Gasteiger partial charge in [-0.15, -0.1) is 0 Å². The van der Waals surface area contributed by atoms with Gasteiger partial charge in [0.15, 0.2) is 0 Å². The molecule has 0 bridgehead atoms. The Hall–Kier alpha value is -2.33. The number of benzene rings is 2. The van der Waals surface area contributed by atoms with Gasteiger partial charge in [-0.3, -0.25) is 9.69 Å². The Labute approximate surface area is 150 Å². The highest BCUT2D eigenvalue weighted by molar-refractivity contribution is 5.92. The second-order valence-corrected chi connectivity index (χ2v) is 6.95. The second kappa shape index (κ2) is 8.17. The molecule has 1 N–H and O–H groups in total. The number of nitrogens with zero attached hydrogens (tertiary/aromatic N) is 2. The van der Waals surface area contributed by atoms with Gasteiger partial charge in [0.25, 0.3) is 0 Å². The smallest absolute Gasteiger partial charge is 0.238 e. The third kappa shape index (κ3) is 5.07. The number of likely N-dealkylation sites (N-methyl/N-ethyl adjacent to an activating group) is 1. The summed E-state index contributed by atoms with van der Waals surface area (Å²) in [5.41, 5.74) is 4.57. The minimum atomic E-state index is 0.0172. The topological polar surface area (TPSA) is 35.6 Å². The number of rotatable bonds is 6. The van der Waals surface area contributed by atoms with Crippen LogP contribution in [0.4, 0.5) is 11.4 Å². The van der Waals surface area contributed by atoms with Crippen LogP contribution in [0.2, 0.25) is 0 Å². The van der Waals surface area contributed by atoms with Crippen molar-refractivity contribution in [2.75, 3.05) is 36.9 Å². The van der Waals surface area contributed by atoms with E-state index in [0.29, 0.717) is 6.54 Å². The van der Waals surface area contributed by atoms with E-state index >= 15 is 0 Å². The highest BCUT2D eigenvalue weighted by Crippen LogP contribution is 2.22. The van der Waals surface area contributed by atoms with Gasteiger partial charge >= 0.3 is 0 Å². The molecule has 2 aromatic carbocycles.